The van der Waals surface area contributed by atoms with Gasteiger partial charge in [-0.3, -0.25) is 0 Å². The fourth-order valence-electron chi connectivity index (χ4n) is 2.25. The maximum Gasteiger partial charge on any atom is 0.498 e. The highest BCUT2D eigenvalue weighted by atomic mass is 35.5. The molecular formula is C17H21ClN2O4. The van der Waals surface area contributed by atoms with Crippen molar-refractivity contribution in [1.82, 2.24) is 4.57 Å². The van der Waals surface area contributed by atoms with E-state index in [1.54, 1.807) is 35.4 Å². The van der Waals surface area contributed by atoms with E-state index >= 15 is 0 Å². The summed E-state index contributed by atoms with van der Waals surface area (Å²) in [5.41, 5.74) is 2.34. The second-order valence-corrected chi connectivity index (χ2v) is 5.22. The summed E-state index contributed by atoms with van der Waals surface area (Å²) in [6, 6.07) is 5.32. The molecule has 0 unspecified atom stereocenters. The Labute approximate surface area is 147 Å². The minimum absolute atomic E-state index is 0. The van der Waals surface area contributed by atoms with Gasteiger partial charge in [0.1, 0.15) is 11.4 Å². The number of hydrogen-bond donors (Lipinski definition) is 1. The third kappa shape index (κ3) is 3.71. The lowest BCUT2D eigenvalue weighted by molar-refractivity contribution is -0.692. The van der Waals surface area contributed by atoms with Crippen LogP contribution in [0.1, 0.15) is 17.0 Å². The standard InChI is InChI=1S/C17H20N2O4.ClH/c1-11-8-13(19(3)17(21)18(11)2)7-6-12-9-14(22-4)16(20)15(10-12)23-5;/h6-10H,1-5H3;1H. The molecule has 6 nitrogen and oxygen atoms in total. The predicted octanol–water partition coefficient (Wildman–Crippen LogP) is -1.58. The zero-order chi connectivity index (χ0) is 17.1. The van der Waals surface area contributed by atoms with E-state index in [2.05, 4.69) is 0 Å². The molecule has 0 atom stereocenters. The van der Waals surface area contributed by atoms with Gasteiger partial charge in [-0.2, -0.15) is 13.9 Å². The lowest BCUT2D eigenvalue weighted by Crippen LogP contribution is -3.00. The molecule has 1 aromatic heterocycles. The van der Waals surface area contributed by atoms with Crippen molar-refractivity contribution in [3.8, 4) is 17.2 Å². The molecule has 0 saturated heterocycles. The van der Waals surface area contributed by atoms with E-state index in [0.29, 0.717) is 11.5 Å². The number of ether oxygens (including phenoxy) is 2. The number of hydrogen-bond acceptors (Lipinski definition) is 4. The van der Waals surface area contributed by atoms with Crippen LogP contribution in [0.15, 0.2) is 23.0 Å². The summed E-state index contributed by atoms with van der Waals surface area (Å²) in [6.07, 6.45) is 3.67. The van der Waals surface area contributed by atoms with Crippen LogP contribution in [0.5, 0.6) is 17.2 Å². The SMILES string of the molecule is COc1cc(C=Cc2cc(C)n(C)c(=O)[n+]2C)cc(OC)c1O.[Cl-]. The van der Waals surface area contributed by atoms with Crippen LogP contribution in [0.2, 0.25) is 0 Å². The molecule has 130 valence electrons. The first-order chi connectivity index (χ1) is 10.9. The molecule has 0 fully saturated rings. The van der Waals surface area contributed by atoms with Gasteiger partial charge in [-0.1, -0.05) is 6.08 Å². The van der Waals surface area contributed by atoms with Crippen LogP contribution < -0.4 is 32.1 Å². The van der Waals surface area contributed by atoms with Gasteiger partial charge in [-0.15, -0.1) is 0 Å². The van der Waals surface area contributed by atoms with Crippen LogP contribution in [0.4, 0.5) is 0 Å². The Morgan fingerprint density at radius 2 is 1.67 bits per heavy atom. The van der Waals surface area contributed by atoms with Gasteiger partial charge >= 0.3 is 5.69 Å². The molecule has 0 radical (unpaired) electrons. The molecule has 2 rings (SSSR count). The number of benzene rings is 1. The van der Waals surface area contributed by atoms with Gasteiger partial charge in [-0.05, 0) is 30.7 Å². The van der Waals surface area contributed by atoms with Crippen molar-refractivity contribution in [2.45, 2.75) is 6.92 Å². The minimum Gasteiger partial charge on any atom is -1.00 e. The maximum atomic E-state index is 12.1. The van der Waals surface area contributed by atoms with Crippen molar-refractivity contribution in [1.29, 1.82) is 0 Å². The first kappa shape index (κ1) is 19.6. The molecule has 0 bridgehead atoms. The maximum absolute atomic E-state index is 12.1. The summed E-state index contributed by atoms with van der Waals surface area (Å²) in [5, 5.41) is 9.92. The smallest absolute Gasteiger partial charge is 0.498 e. The second kappa shape index (κ2) is 7.88. The molecule has 1 N–H and O–H groups in total. The molecular weight excluding hydrogens is 332 g/mol. The van der Waals surface area contributed by atoms with Gasteiger partial charge < -0.3 is 27.0 Å². The van der Waals surface area contributed by atoms with Crippen LogP contribution in [0.25, 0.3) is 12.2 Å². The average Bonchev–Trinajstić information content (AvgIpc) is 2.55. The highest BCUT2D eigenvalue weighted by Gasteiger charge is 2.12. The molecule has 0 amide bonds. The lowest BCUT2D eigenvalue weighted by atomic mass is 10.1. The van der Waals surface area contributed by atoms with Crippen molar-refractivity contribution in [2.75, 3.05) is 14.2 Å². The molecule has 24 heavy (non-hydrogen) atoms. The van der Waals surface area contributed by atoms with Crippen LogP contribution in [0, 0.1) is 6.92 Å². The molecule has 0 aliphatic carbocycles. The molecule has 1 heterocycles. The van der Waals surface area contributed by atoms with E-state index in [0.717, 1.165) is 17.0 Å². The van der Waals surface area contributed by atoms with Gasteiger partial charge in [0.15, 0.2) is 11.5 Å². The van der Waals surface area contributed by atoms with Crippen molar-refractivity contribution in [2.24, 2.45) is 14.1 Å². The fourth-order valence-corrected chi connectivity index (χ4v) is 2.25. The Balaban J connectivity index is 0.00000288. The van der Waals surface area contributed by atoms with Gasteiger partial charge in [0.2, 0.25) is 5.75 Å². The number of phenols is 1. The lowest BCUT2D eigenvalue weighted by Gasteiger charge is -2.09. The summed E-state index contributed by atoms with van der Waals surface area (Å²) in [7, 11) is 6.42. The van der Waals surface area contributed by atoms with E-state index in [9.17, 15) is 9.90 Å². The second-order valence-electron chi connectivity index (χ2n) is 5.22. The van der Waals surface area contributed by atoms with E-state index in [1.165, 1.54) is 14.2 Å². The molecule has 0 aliphatic rings. The molecule has 1 aromatic carbocycles. The Morgan fingerprint density at radius 3 is 2.17 bits per heavy atom. The molecule has 2 aromatic rings. The summed E-state index contributed by atoms with van der Waals surface area (Å²) >= 11 is 0. The zero-order valence-corrected chi connectivity index (χ0v) is 15.1. The number of aromatic nitrogens is 2. The Hall–Kier alpha value is -2.47. The Bertz CT molecular complexity index is 803. The summed E-state index contributed by atoms with van der Waals surface area (Å²) in [6.45, 7) is 1.88. The number of nitrogens with zero attached hydrogens (tertiary/aromatic N) is 2. The summed E-state index contributed by atoms with van der Waals surface area (Å²) < 4.78 is 13.4. The summed E-state index contributed by atoms with van der Waals surface area (Å²) in [5.74, 6) is 0.615. The van der Waals surface area contributed by atoms with Crippen LogP contribution in [0.3, 0.4) is 0 Å². The van der Waals surface area contributed by atoms with Crippen molar-refractivity contribution in [3.63, 3.8) is 0 Å². The minimum atomic E-state index is -0.0921. The first-order valence-corrected chi connectivity index (χ1v) is 7.08. The quantitative estimate of drug-likeness (QED) is 0.674. The number of rotatable bonds is 4. The van der Waals surface area contributed by atoms with Crippen molar-refractivity contribution < 1.29 is 31.6 Å². The molecule has 0 aliphatic heterocycles. The van der Waals surface area contributed by atoms with Gasteiger partial charge in [0.25, 0.3) is 0 Å². The Kier molecular flexibility index (Phi) is 6.42. The normalized spacial score (nSPS) is 10.5. The number of aryl methyl sites for hydroxylation is 1. The van der Waals surface area contributed by atoms with Gasteiger partial charge in [0.05, 0.1) is 28.3 Å². The molecule has 0 saturated carbocycles. The fraction of sp³-hybridized carbons (Fsp3) is 0.294. The number of methoxy groups -OCH3 is 2. The third-order valence-electron chi connectivity index (χ3n) is 3.80. The van der Waals surface area contributed by atoms with Crippen LogP contribution >= 0.6 is 0 Å². The first-order valence-electron chi connectivity index (χ1n) is 7.08. The van der Waals surface area contributed by atoms with E-state index in [-0.39, 0.29) is 23.8 Å². The largest absolute Gasteiger partial charge is 1.00 e. The van der Waals surface area contributed by atoms with E-state index in [4.69, 9.17) is 9.47 Å². The number of phenolic OH excluding ortho intramolecular Hbond substituents is 1. The summed E-state index contributed by atoms with van der Waals surface area (Å²) in [4.78, 5) is 12.1. The number of halogens is 1. The average molecular weight is 353 g/mol. The molecule has 7 heteroatoms. The predicted molar refractivity (Wildman–Crippen MR) is 87.7 cm³/mol. The highest BCUT2D eigenvalue weighted by molar-refractivity contribution is 5.70. The number of aromatic hydroxyl groups is 1. The molecule has 0 spiro atoms. The van der Waals surface area contributed by atoms with Gasteiger partial charge in [0, 0.05) is 6.07 Å². The van der Waals surface area contributed by atoms with E-state index in [1.807, 2.05) is 25.1 Å². The van der Waals surface area contributed by atoms with E-state index < -0.39 is 0 Å². The van der Waals surface area contributed by atoms with Crippen LogP contribution in [-0.2, 0) is 14.1 Å². The Morgan fingerprint density at radius 1 is 1.12 bits per heavy atom. The highest BCUT2D eigenvalue weighted by Crippen LogP contribution is 2.37. The topological polar surface area (TPSA) is 64.6 Å². The van der Waals surface area contributed by atoms with Crippen molar-refractivity contribution >= 4 is 12.2 Å². The monoisotopic (exact) mass is 352 g/mol. The zero-order valence-electron chi connectivity index (χ0n) is 14.3. The van der Waals surface area contributed by atoms with Crippen LogP contribution in [-0.4, -0.2) is 23.9 Å². The third-order valence-corrected chi connectivity index (χ3v) is 3.80. The van der Waals surface area contributed by atoms with Crippen molar-refractivity contribution in [3.05, 3.63) is 45.6 Å². The van der Waals surface area contributed by atoms with Gasteiger partial charge in [-0.25, -0.2) is 0 Å².